The molecule has 3 rings (SSSR count). The average Bonchev–Trinajstić information content (AvgIpc) is 2.63. The predicted molar refractivity (Wildman–Crippen MR) is 104 cm³/mol. The molecule has 0 radical (unpaired) electrons. The van der Waals surface area contributed by atoms with Crippen LogP contribution in [-0.4, -0.2) is 42.1 Å². The van der Waals surface area contributed by atoms with Crippen LogP contribution in [0.4, 0.5) is 4.39 Å². The number of halogens is 2. The van der Waals surface area contributed by atoms with Crippen molar-refractivity contribution >= 4 is 29.9 Å². The van der Waals surface area contributed by atoms with Crippen molar-refractivity contribution in [2.24, 2.45) is 10.7 Å². The summed E-state index contributed by atoms with van der Waals surface area (Å²) in [4.78, 5) is 10.6. The van der Waals surface area contributed by atoms with Crippen LogP contribution in [-0.2, 0) is 11.3 Å². The summed E-state index contributed by atoms with van der Waals surface area (Å²) in [7, 11) is 0. The number of morpholine rings is 1. The molecule has 8 heteroatoms. The highest BCUT2D eigenvalue weighted by Crippen LogP contribution is 2.19. The van der Waals surface area contributed by atoms with Crippen molar-refractivity contribution in [2.45, 2.75) is 6.54 Å². The van der Waals surface area contributed by atoms with Gasteiger partial charge >= 0.3 is 0 Å². The second kappa shape index (κ2) is 9.52. The smallest absolute Gasteiger partial charge is 0.219 e. The number of nitrogens with two attached hydrogens (primary N) is 1. The van der Waals surface area contributed by atoms with Crippen LogP contribution in [0.25, 0.3) is 0 Å². The molecule has 0 spiro atoms. The van der Waals surface area contributed by atoms with Crippen LogP contribution in [0.15, 0.2) is 47.6 Å². The molecule has 1 aliphatic heterocycles. The molecule has 0 saturated carbocycles. The highest BCUT2D eigenvalue weighted by atomic mass is 127. The summed E-state index contributed by atoms with van der Waals surface area (Å²) in [5.41, 5.74) is 6.91. The van der Waals surface area contributed by atoms with Crippen molar-refractivity contribution in [2.75, 3.05) is 26.3 Å². The van der Waals surface area contributed by atoms with Gasteiger partial charge in [0.25, 0.3) is 0 Å². The highest BCUT2D eigenvalue weighted by molar-refractivity contribution is 14.0. The zero-order chi connectivity index (χ0) is 16.8. The Morgan fingerprint density at radius 3 is 2.56 bits per heavy atom. The molecule has 1 aromatic heterocycles. The number of benzene rings is 1. The first-order valence-corrected chi connectivity index (χ1v) is 7.72. The molecule has 1 fully saturated rings. The number of hydrogen-bond acceptors (Lipinski definition) is 4. The van der Waals surface area contributed by atoms with E-state index in [1.807, 2.05) is 11.0 Å². The van der Waals surface area contributed by atoms with E-state index in [0.29, 0.717) is 37.3 Å². The Bertz CT molecular complexity index is 689. The molecule has 0 atom stereocenters. The third kappa shape index (κ3) is 5.82. The Balaban J connectivity index is 0.00000225. The van der Waals surface area contributed by atoms with Crippen LogP contribution in [0.3, 0.4) is 0 Å². The molecule has 0 amide bonds. The summed E-state index contributed by atoms with van der Waals surface area (Å²) in [6.45, 7) is 3.32. The van der Waals surface area contributed by atoms with Crippen LogP contribution in [0, 0.1) is 5.82 Å². The van der Waals surface area contributed by atoms with Crippen molar-refractivity contribution in [3.05, 3.63) is 54.0 Å². The maximum Gasteiger partial charge on any atom is 0.219 e. The van der Waals surface area contributed by atoms with Crippen molar-refractivity contribution in [1.82, 2.24) is 9.88 Å². The molecule has 25 heavy (non-hydrogen) atoms. The normalized spacial score (nSPS) is 14.8. The molecule has 0 unspecified atom stereocenters. The first-order valence-electron chi connectivity index (χ1n) is 7.72. The van der Waals surface area contributed by atoms with Gasteiger partial charge in [0.05, 0.1) is 19.8 Å². The van der Waals surface area contributed by atoms with E-state index in [2.05, 4.69) is 9.98 Å². The summed E-state index contributed by atoms with van der Waals surface area (Å²) < 4.78 is 23.7. The van der Waals surface area contributed by atoms with Gasteiger partial charge in [0.15, 0.2) is 5.96 Å². The highest BCUT2D eigenvalue weighted by Gasteiger charge is 2.11. The minimum Gasteiger partial charge on any atom is -0.439 e. The molecule has 1 aliphatic rings. The van der Waals surface area contributed by atoms with E-state index in [1.165, 1.54) is 12.1 Å². The van der Waals surface area contributed by atoms with Crippen molar-refractivity contribution in [1.29, 1.82) is 0 Å². The molecular formula is C17H20FIN4O2. The summed E-state index contributed by atoms with van der Waals surface area (Å²) >= 11 is 0. The number of hydrogen-bond donors (Lipinski definition) is 1. The summed E-state index contributed by atoms with van der Waals surface area (Å²) in [6.07, 6.45) is 1.69. The number of aliphatic imine (C=N–C) groups is 1. The van der Waals surface area contributed by atoms with E-state index in [1.54, 1.807) is 24.4 Å². The Morgan fingerprint density at radius 2 is 1.92 bits per heavy atom. The van der Waals surface area contributed by atoms with Crippen LogP contribution in [0.2, 0.25) is 0 Å². The van der Waals surface area contributed by atoms with Gasteiger partial charge in [-0.05, 0) is 29.8 Å². The van der Waals surface area contributed by atoms with Gasteiger partial charge in [-0.1, -0.05) is 6.07 Å². The molecule has 0 bridgehead atoms. The van der Waals surface area contributed by atoms with E-state index < -0.39 is 0 Å². The fourth-order valence-corrected chi connectivity index (χ4v) is 2.25. The minimum atomic E-state index is -0.304. The summed E-state index contributed by atoms with van der Waals surface area (Å²) in [5.74, 6) is 1.19. The van der Waals surface area contributed by atoms with Crippen LogP contribution < -0.4 is 10.5 Å². The predicted octanol–water partition coefficient (Wildman–Crippen LogP) is 2.78. The van der Waals surface area contributed by atoms with Gasteiger partial charge in [-0.3, -0.25) is 0 Å². The van der Waals surface area contributed by atoms with Crippen molar-refractivity contribution in [3.63, 3.8) is 0 Å². The largest absolute Gasteiger partial charge is 0.439 e. The van der Waals surface area contributed by atoms with Gasteiger partial charge in [-0.2, -0.15) is 0 Å². The fourth-order valence-electron chi connectivity index (χ4n) is 2.25. The van der Waals surface area contributed by atoms with Crippen molar-refractivity contribution in [3.8, 4) is 11.6 Å². The fraction of sp³-hybridized carbons (Fsp3) is 0.294. The van der Waals surface area contributed by atoms with Crippen molar-refractivity contribution < 1.29 is 13.9 Å². The number of nitrogens with zero attached hydrogens (tertiary/aromatic N) is 3. The summed E-state index contributed by atoms with van der Waals surface area (Å²) in [6, 6.07) is 9.41. The Kier molecular flexibility index (Phi) is 7.38. The van der Waals surface area contributed by atoms with Crippen LogP contribution in [0.1, 0.15) is 5.56 Å². The number of rotatable bonds is 4. The molecule has 1 saturated heterocycles. The number of pyridine rings is 1. The van der Waals surface area contributed by atoms with Gasteiger partial charge in [0.2, 0.25) is 5.88 Å². The molecule has 1 aromatic carbocycles. The maximum absolute atomic E-state index is 12.9. The lowest BCUT2D eigenvalue weighted by molar-refractivity contribution is 0.0674. The summed E-state index contributed by atoms with van der Waals surface area (Å²) in [5, 5.41) is 0. The molecular weight excluding hydrogens is 438 g/mol. The lowest BCUT2D eigenvalue weighted by atomic mass is 10.3. The first-order chi connectivity index (χ1) is 11.7. The lowest BCUT2D eigenvalue weighted by Gasteiger charge is -2.27. The third-order valence-corrected chi connectivity index (χ3v) is 3.59. The zero-order valence-electron chi connectivity index (χ0n) is 13.6. The molecule has 2 N–H and O–H groups in total. The minimum absolute atomic E-state index is 0. The monoisotopic (exact) mass is 458 g/mol. The molecule has 2 aromatic rings. The molecule has 6 nitrogen and oxygen atoms in total. The van der Waals surface area contributed by atoms with Crippen LogP contribution >= 0.6 is 24.0 Å². The van der Waals surface area contributed by atoms with Gasteiger partial charge in [0.1, 0.15) is 11.6 Å². The van der Waals surface area contributed by atoms with E-state index in [-0.39, 0.29) is 29.8 Å². The number of guanidine groups is 1. The topological polar surface area (TPSA) is 73.0 Å². The Morgan fingerprint density at radius 1 is 1.20 bits per heavy atom. The van der Waals surface area contributed by atoms with E-state index in [4.69, 9.17) is 15.2 Å². The van der Waals surface area contributed by atoms with Gasteiger partial charge in [0, 0.05) is 25.4 Å². The second-order valence-electron chi connectivity index (χ2n) is 5.33. The van der Waals surface area contributed by atoms with Gasteiger partial charge in [-0.25, -0.2) is 14.4 Å². The van der Waals surface area contributed by atoms with E-state index >= 15 is 0 Å². The van der Waals surface area contributed by atoms with E-state index in [0.717, 1.165) is 18.7 Å². The van der Waals surface area contributed by atoms with E-state index in [9.17, 15) is 4.39 Å². The SMILES string of the molecule is I.NC(=NCc1ccc(Oc2ccc(F)cc2)nc1)N1CCOCC1. The molecule has 0 aliphatic carbocycles. The zero-order valence-corrected chi connectivity index (χ0v) is 15.9. The average molecular weight is 458 g/mol. The third-order valence-electron chi connectivity index (χ3n) is 3.59. The molecule has 2 heterocycles. The van der Waals surface area contributed by atoms with Gasteiger partial charge < -0.3 is 20.1 Å². The number of aromatic nitrogens is 1. The Labute approximate surface area is 162 Å². The Hall–Kier alpha value is -1.94. The maximum atomic E-state index is 12.9. The first kappa shape index (κ1) is 19.4. The quantitative estimate of drug-likeness (QED) is 0.434. The number of ether oxygens (including phenoxy) is 2. The second-order valence-corrected chi connectivity index (χ2v) is 5.33. The van der Waals surface area contributed by atoms with Gasteiger partial charge in [-0.15, -0.1) is 24.0 Å². The standard InChI is InChI=1S/C17H19FN4O2.HI/c18-14-2-4-15(5-3-14)24-16-6-1-13(11-20-16)12-21-17(19)22-7-9-23-10-8-22;/h1-6,11H,7-10,12H2,(H2,19,21);1H. The van der Waals surface area contributed by atoms with Crippen LogP contribution in [0.5, 0.6) is 11.6 Å². The molecule has 134 valence electrons. The lowest BCUT2D eigenvalue weighted by Crippen LogP contribution is -2.44.